The van der Waals surface area contributed by atoms with Crippen LogP contribution in [0.25, 0.3) is 0 Å². The summed E-state index contributed by atoms with van der Waals surface area (Å²) >= 11 is 0. The van der Waals surface area contributed by atoms with Crippen molar-refractivity contribution in [3.63, 3.8) is 0 Å². The molecule has 2 fully saturated rings. The summed E-state index contributed by atoms with van der Waals surface area (Å²) in [5, 5.41) is 3.18. The average molecular weight is 268 g/mol. The topological polar surface area (TPSA) is 64.4 Å². The summed E-state index contributed by atoms with van der Waals surface area (Å²) in [6.45, 7) is 4.17. The average Bonchev–Trinajstić information content (AvgIpc) is 2.39. The molecule has 1 aliphatic carbocycles. The van der Waals surface area contributed by atoms with Crippen LogP contribution in [0, 0.1) is 5.41 Å². The molecule has 19 heavy (non-hydrogen) atoms. The lowest BCUT2D eigenvalue weighted by Crippen LogP contribution is -2.53. The fourth-order valence-corrected chi connectivity index (χ4v) is 3.51. The molecule has 0 spiro atoms. The Morgan fingerprint density at radius 2 is 1.95 bits per heavy atom. The SMILES string of the molecule is CC1(NC(=O)CC2(CN)CCCCC2)CCCOC1. The first-order valence-corrected chi connectivity index (χ1v) is 7.66. The maximum absolute atomic E-state index is 12.3. The van der Waals surface area contributed by atoms with Crippen LogP contribution in [-0.2, 0) is 9.53 Å². The third-order valence-electron chi connectivity index (χ3n) is 4.76. The third kappa shape index (κ3) is 3.93. The van der Waals surface area contributed by atoms with Gasteiger partial charge in [-0.1, -0.05) is 19.3 Å². The molecule has 1 atom stereocenters. The van der Waals surface area contributed by atoms with E-state index in [1.807, 2.05) is 0 Å². The van der Waals surface area contributed by atoms with Gasteiger partial charge in [-0.05, 0) is 44.6 Å². The van der Waals surface area contributed by atoms with Gasteiger partial charge in [-0.25, -0.2) is 0 Å². The minimum absolute atomic E-state index is 0.0498. The zero-order chi connectivity index (χ0) is 13.8. The van der Waals surface area contributed by atoms with Crippen LogP contribution in [0.3, 0.4) is 0 Å². The minimum atomic E-state index is -0.181. The number of hydrogen-bond acceptors (Lipinski definition) is 3. The monoisotopic (exact) mass is 268 g/mol. The first-order chi connectivity index (χ1) is 9.08. The number of nitrogens with one attached hydrogen (secondary N) is 1. The number of hydrogen-bond donors (Lipinski definition) is 2. The molecule has 0 radical (unpaired) electrons. The minimum Gasteiger partial charge on any atom is -0.379 e. The van der Waals surface area contributed by atoms with Crippen molar-refractivity contribution < 1.29 is 9.53 Å². The third-order valence-corrected chi connectivity index (χ3v) is 4.76. The summed E-state index contributed by atoms with van der Waals surface area (Å²) in [7, 11) is 0. The Balaban J connectivity index is 1.88. The summed E-state index contributed by atoms with van der Waals surface area (Å²) in [5.41, 5.74) is 5.82. The molecule has 0 aromatic carbocycles. The Morgan fingerprint density at radius 1 is 1.21 bits per heavy atom. The number of ether oxygens (including phenoxy) is 1. The second-order valence-electron chi connectivity index (χ2n) is 6.71. The summed E-state index contributed by atoms with van der Waals surface area (Å²) in [5.74, 6) is 0.153. The highest BCUT2D eigenvalue weighted by atomic mass is 16.5. The molecule has 4 heteroatoms. The molecule has 4 nitrogen and oxygen atoms in total. The van der Waals surface area contributed by atoms with Crippen LogP contribution >= 0.6 is 0 Å². The van der Waals surface area contributed by atoms with Gasteiger partial charge in [0.1, 0.15) is 0 Å². The molecule has 110 valence electrons. The van der Waals surface area contributed by atoms with Crippen molar-refractivity contribution in [3.8, 4) is 0 Å². The van der Waals surface area contributed by atoms with Gasteiger partial charge in [0.15, 0.2) is 0 Å². The molecule has 1 heterocycles. The zero-order valence-corrected chi connectivity index (χ0v) is 12.2. The van der Waals surface area contributed by atoms with E-state index in [4.69, 9.17) is 10.5 Å². The van der Waals surface area contributed by atoms with E-state index in [-0.39, 0.29) is 16.9 Å². The molecule has 0 bridgehead atoms. The van der Waals surface area contributed by atoms with E-state index < -0.39 is 0 Å². The van der Waals surface area contributed by atoms with E-state index in [0.29, 0.717) is 19.6 Å². The number of nitrogens with two attached hydrogens (primary N) is 1. The van der Waals surface area contributed by atoms with Crippen molar-refractivity contribution in [3.05, 3.63) is 0 Å². The highest BCUT2D eigenvalue weighted by Gasteiger charge is 2.35. The Kier molecular flexibility index (Phi) is 4.85. The van der Waals surface area contributed by atoms with Crippen LogP contribution < -0.4 is 11.1 Å². The summed E-state index contributed by atoms with van der Waals surface area (Å²) in [6, 6.07) is 0. The van der Waals surface area contributed by atoms with Crippen LogP contribution in [0.15, 0.2) is 0 Å². The maximum Gasteiger partial charge on any atom is 0.221 e. The fourth-order valence-electron chi connectivity index (χ4n) is 3.51. The second kappa shape index (κ2) is 6.23. The van der Waals surface area contributed by atoms with Gasteiger partial charge in [-0.2, -0.15) is 0 Å². The van der Waals surface area contributed by atoms with E-state index in [1.165, 1.54) is 19.3 Å². The Hall–Kier alpha value is -0.610. The van der Waals surface area contributed by atoms with Gasteiger partial charge in [-0.15, -0.1) is 0 Å². The Labute approximate surface area is 116 Å². The summed E-state index contributed by atoms with van der Waals surface area (Å²) in [6.07, 6.45) is 8.53. The molecule has 3 N–H and O–H groups in total. The van der Waals surface area contributed by atoms with E-state index >= 15 is 0 Å². The van der Waals surface area contributed by atoms with Crippen molar-refractivity contribution in [2.45, 2.75) is 63.8 Å². The summed E-state index contributed by atoms with van der Waals surface area (Å²) < 4.78 is 5.49. The van der Waals surface area contributed by atoms with Crippen molar-refractivity contribution in [2.24, 2.45) is 11.1 Å². The molecule has 2 rings (SSSR count). The van der Waals surface area contributed by atoms with Crippen LogP contribution in [-0.4, -0.2) is 31.2 Å². The van der Waals surface area contributed by atoms with Gasteiger partial charge >= 0.3 is 0 Å². The van der Waals surface area contributed by atoms with Crippen LogP contribution in [0.4, 0.5) is 0 Å². The van der Waals surface area contributed by atoms with E-state index in [9.17, 15) is 4.79 Å². The molecule has 0 aromatic heterocycles. The van der Waals surface area contributed by atoms with Gasteiger partial charge in [0, 0.05) is 13.0 Å². The molecule has 1 aliphatic heterocycles. The normalized spacial score (nSPS) is 30.8. The smallest absolute Gasteiger partial charge is 0.221 e. The highest BCUT2D eigenvalue weighted by Crippen LogP contribution is 2.38. The maximum atomic E-state index is 12.3. The molecular formula is C15H28N2O2. The molecule has 1 saturated carbocycles. The number of amides is 1. The predicted octanol–water partition coefficient (Wildman–Crippen LogP) is 1.97. The molecular weight excluding hydrogens is 240 g/mol. The van der Waals surface area contributed by atoms with Crippen molar-refractivity contribution in [2.75, 3.05) is 19.8 Å². The van der Waals surface area contributed by atoms with E-state index in [2.05, 4.69) is 12.2 Å². The van der Waals surface area contributed by atoms with Gasteiger partial charge in [0.05, 0.1) is 12.1 Å². The second-order valence-corrected chi connectivity index (χ2v) is 6.71. The van der Waals surface area contributed by atoms with Crippen LogP contribution in [0.1, 0.15) is 58.3 Å². The summed E-state index contributed by atoms with van der Waals surface area (Å²) in [4.78, 5) is 12.3. The first-order valence-electron chi connectivity index (χ1n) is 7.66. The van der Waals surface area contributed by atoms with E-state index in [0.717, 1.165) is 32.3 Å². The van der Waals surface area contributed by atoms with Gasteiger partial charge < -0.3 is 15.8 Å². The van der Waals surface area contributed by atoms with Crippen LogP contribution in [0.2, 0.25) is 0 Å². The van der Waals surface area contributed by atoms with Gasteiger partial charge in [-0.3, -0.25) is 4.79 Å². The highest BCUT2D eigenvalue weighted by molar-refractivity contribution is 5.77. The number of rotatable bonds is 4. The lowest BCUT2D eigenvalue weighted by molar-refractivity contribution is -0.127. The quantitative estimate of drug-likeness (QED) is 0.819. The first kappa shape index (κ1) is 14.8. The molecule has 0 aromatic rings. The lowest BCUT2D eigenvalue weighted by Gasteiger charge is -2.38. The van der Waals surface area contributed by atoms with Crippen molar-refractivity contribution in [1.29, 1.82) is 0 Å². The largest absolute Gasteiger partial charge is 0.379 e. The van der Waals surface area contributed by atoms with Crippen molar-refractivity contribution in [1.82, 2.24) is 5.32 Å². The Morgan fingerprint density at radius 3 is 2.53 bits per heavy atom. The fraction of sp³-hybridized carbons (Fsp3) is 0.933. The lowest BCUT2D eigenvalue weighted by atomic mass is 9.71. The number of carbonyl (C=O) groups excluding carboxylic acids is 1. The van der Waals surface area contributed by atoms with Crippen LogP contribution in [0.5, 0.6) is 0 Å². The predicted molar refractivity (Wildman–Crippen MR) is 75.8 cm³/mol. The Bertz CT molecular complexity index is 305. The van der Waals surface area contributed by atoms with Gasteiger partial charge in [0.2, 0.25) is 5.91 Å². The molecule has 1 unspecified atom stereocenters. The molecule has 1 saturated heterocycles. The van der Waals surface area contributed by atoms with E-state index in [1.54, 1.807) is 0 Å². The van der Waals surface area contributed by atoms with Gasteiger partial charge in [0.25, 0.3) is 0 Å². The van der Waals surface area contributed by atoms with Crippen molar-refractivity contribution >= 4 is 5.91 Å². The molecule has 2 aliphatic rings. The standard InChI is InChI=1S/C15H28N2O2/c1-14(6-5-9-19-12-14)17-13(18)10-15(11-16)7-3-2-4-8-15/h2-12,16H2,1H3,(H,17,18). The number of carbonyl (C=O) groups is 1. The zero-order valence-electron chi connectivity index (χ0n) is 12.2. The molecule has 1 amide bonds.